The number of Topliss-reactive ketones (excluding diaryl/α,β-unsaturated/α-hetero) is 1. The van der Waals surface area contributed by atoms with Gasteiger partial charge < -0.3 is 14.4 Å². The van der Waals surface area contributed by atoms with Crippen molar-refractivity contribution in [2.45, 2.75) is 13.0 Å². The minimum atomic E-state index is 0.0909. The van der Waals surface area contributed by atoms with Crippen LogP contribution in [-0.2, 0) is 6.61 Å². The number of carbonyl (C=O) groups excluding carboxylic acids is 1. The number of piperazine rings is 1. The van der Waals surface area contributed by atoms with Crippen LogP contribution in [0.1, 0.15) is 22.3 Å². The molecule has 1 heterocycles. The minimum Gasteiger partial charge on any atom is -0.493 e. The Hall–Kier alpha value is -2.73. The van der Waals surface area contributed by atoms with Gasteiger partial charge in [0.15, 0.2) is 17.3 Å². The maximum absolute atomic E-state index is 12.8. The van der Waals surface area contributed by atoms with Crippen LogP contribution in [0.25, 0.3) is 0 Å². The second-order valence-electron chi connectivity index (χ2n) is 8.21. The largest absolute Gasteiger partial charge is 0.493 e. The van der Waals surface area contributed by atoms with Gasteiger partial charge >= 0.3 is 0 Å². The van der Waals surface area contributed by atoms with Gasteiger partial charge in [0.05, 0.1) is 22.8 Å². The summed E-state index contributed by atoms with van der Waals surface area (Å²) in [6, 6.07) is 21.0. The Bertz CT molecular complexity index is 1120. The van der Waals surface area contributed by atoms with Crippen LogP contribution in [0.15, 0.2) is 66.7 Å². The van der Waals surface area contributed by atoms with E-state index in [0.29, 0.717) is 46.7 Å². The molecule has 3 aromatic rings. The zero-order chi connectivity index (χ0) is 23.9. The van der Waals surface area contributed by atoms with Gasteiger partial charge in [-0.2, -0.15) is 0 Å². The lowest BCUT2D eigenvalue weighted by atomic mass is 10.1. The van der Waals surface area contributed by atoms with Crippen molar-refractivity contribution in [3.8, 4) is 11.5 Å². The van der Waals surface area contributed by atoms with Crippen LogP contribution in [0.2, 0.25) is 10.0 Å². The summed E-state index contributed by atoms with van der Waals surface area (Å²) < 4.78 is 11.4. The molecule has 0 spiro atoms. The van der Waals surface area contributed by atoms with Crippen molar-refractivity contribution in [2.24, 2.45) is 0 Å². The lowest BCUT2D eigenvalue weighted by Gasteiger charge is -2.36. The van der Waals surface area contributed by atoms with E-state index in [1.807, 2.05) is 54.6 Å². The Labute approximate surface area is 210 Å². The highest BCUT2D eigenvalue weighted by Crippen LogP contribution is 2.33. The SMILES string of the molecule is COc1cc(C(=O)CCN2CCN(c3cccc(Cl)c3Cl)CC2)ccc1OCc1ccccc1. The Balaban J connectivity index is 1.29. The van der Waals surface area contributed by atoms with Crippen molar-refractivity contribution in [3.63, 3.8) is 0 Å². The van der Waals surface area contributed by atoms with Gasteiger partial charge in [0, 0.05) is 44.7 Å². The average molecular weight is 499 g/mol. The quantitative estimate of drug-likeness (QED) is 0.339. The van der Waals surface area contributed by atoms with E-state index in [0.717, 1.165) is 37.4 Å². The van der Waals surface area contributed by atoms with Crippen LogP contribution in [0, 0.1) is 0 Å². The summed E-state index contributed by atoms with van der Waals surface area (Å²) in [5, 5.41) is 1.16. The molecule has 0 atom stereocenters. The number of benzene rings is 3. The van der Waals surface area contributed by atoms with E-state index in [4.69, 9.17) is 32.7 Å². The van der Waals surface area contributed by atoms with Crippen molar-refractivity contribution < 1.29 is 14.3 Å². The predicted octanol–water partition coefficient (Wildman–Crippen LogP) is 5.98. The highest BCUT2D eigenvalue weighted by molar-refractivity contribution is 6.43. The van der Waals surface area contributed by atoms with Gasteiger partial charge in [-0.3, -0.25) is 9.69 Å². The van der Waals surface area contributed by atoms with Crippen molar-refractivity contribution in [3.05, 3.63) is 87.9 Å². The van der Waals surface area contributed by atoms with E-state index in [-0.39, 0.29) is 5.78 Å². The molecule has 0 saturated carbocycles. The van der Waals surface area contributed by atoms with Gasteiger partial charge in [-0.15, -0.1) is 0 Å². The molecule has 178 valence electrons. The fraction of sp³-hybridized carbons (Fsp3) is 0.296. The number of anilines is 1. The average Bonchev–Trinajstić information content (AvgIpc) is 2.88. The van der Waals surface area contributed by atoms with E-state index in [1.165, 1.54) is 0 Å². The van der Waals surface area contributed by atoms with Gasteiger partial charge in [0.1, 0.15) is 6.61 Å². The number of hydrogen-bond acceptors (Lipinski definition) is 5. The monoisotopic (exact) mass is 498 g/mol. The molecule has 1 aliphatic rings. The number of ketones is 1. The lowest BCUT2D eigenvalue weighted by molar-refractivity contribution is 0.0962. The molecule has 1 saturated heterocycles. The topological polar surface area (TPSA) is 42.0 Å². The fourth-order valence-electron chi connectivity index (χ4n) is 4.05. The third kappa shape index (κ3) is 6.03. The van der Waals surface area contributed by atoms with Gasteiger partial charge in [-0.05, 0) is 35.9 Å². The summed E-state index contributed by atoms with van der Waals surface area (Å²) in [5.41, 5.74) is 2.67. The van der Waals surface area contributed by atoms with Crippen LogP contribution in [0.4, 0.5) is 5.69 Å². The lowest BCUT2D eigenvalue weighted by Crippen LogP contribution is -2.47. The molecule has 1 aliphatic heterocycles. The van der Waals surface area contributed by atoms with Crippen LogP contribution >= 0.6 is 23.2 Å². The summed E-state index contributed by atoms with van der Waals surface area (Å²) >= 11 is 12.5. The highest BCUT2D eigenvalue weighted by Gasteiger charge is 2.21. The van der Waals surface area contributed by atoms with Crippen molar-refractivity contribution in [1.82, 2.24) is 4.90 Å². The third-order valence-electron chi connectivity index (χ3n) is 6.02. The fourth-order valence-corrected chi connectivity index (χ4v) is 4.46. The number of nitrogens with zero attached hydrogens (tertiary/aromatic N) is 2. The number of hydrogen-bond donors (Lipinski definition) is 0. The zero-order valence-electron chi connectivity index (χ0n) is 19.2. The van der Waals surface area contributed by atoms with E-state index in [9.17, 15) is 4.79 Å². The molecule has 5 nitrogen and oxygen atoms in total. The first-order valence-electron chi connectivity index (χ1n) is 11.3. The van der Waals surface area contributed by atoms with Crippen LogP contribution in [0.3, 0.4) is 0 Å². The molecule has 4 rings (SSSR count). The van der Waals surface area contributed by atoms with Gasteiger partial charge in [0.25, 0.3) is 0 Å². The molecule has 1 fully saturated rings. The summed E-state index contributed by atoms with van der Waals surface area (Å²) in [5.74, 6) is 1.28. The van der Waals surface area contributed by atoms with Crippen LogP contribution < -0.4 is 14.4 Å². The molecule has 0 amide bonds. The Morgan fingerprint density at radius 1 is 0.912 bits per heavy atom. The molecular weight excluding hydrogens is 471 g/mol. The van der Waals surface area contributed by atoms with Gasteiger partial charge in [-0.25, -0.2) is 0 Å². The van der Waals surface area contributed by atoms with E-state index >= 15 is 0 Å². The second kappa shape index (κ2) is 11.6. The van der Waals surface area contributed by atoms with Gasteiger partial charge in [-0.1, -0.05) is 59.6 Å². The van der Waals surface area contributed by atoms with Crippen molar-refractivity contribution >= 4 is 34.7 Å². The molecule has 3 aromatic carbocycles. The normalized spacial score (nSPS) is 14.1. The standard InChI is InChI=1S/C27H28Cl2N2O3/c1-33-26-18-21(10-11-25(26)34-19-20-6-3-2-4-7-20)24(32)12-13-30-14-16-31(17-15-30)23-9-5-8-22(28)27(23)29/h2-11,18H,12-17,19H2,1H3. The molecular formula is C27H28Cl2N2O3. The molecule has 0 aliphatic carbocycles. The second-order valence-corrected chi connectivity index (χ2v) is 9.00. The maximum Gasteiger partial charge on any atom is 0.164 e. The third-order valence-corrected chi connectivity index (χ3v) is 6.83. The van der Waals surface area contributed by atoms with E-state index in [1.54, 1.807) is 19.2 Å². The molecule has 0 radical (unpaired) electrons. The Morgan fingerprint density at radius 3 is 2.41 bits per heavy atom. The number of halogens is 2. The number of carbonyl (C=O) groups is 1. The Morgan fingerprint density at radius 2 is 1.68 bits per heavy atom. The first-order valence-corrected chi connectivity index (χ1v) is 12.1. The highest BCUT2D eigenvalue weighted by atomic mass is 35.5. The van der Waals surface area contributed by atoms with Crippen LogP contribution in [-0.4, -0.2) is 50.5 Å². The maximum atomic E-state index is 12.8. The number of ether oxygens (including phenoxy) is 2. The summed E-state index contributed by atoms with van der Waals surface area (Å²) in [4.78, 5) is 17.4. The number of rotatable bonds is 9. The summed E-state index contributed by atoms with van der Waals surface area (Å²) in [6.07, 6.45) is 0.450. The first-order chi connectivity index (χ1) is 16.5. The van der Waals surface area contributed by atoms with Gasteiger partial charge in [0.2, 0.25) is 0 Å². The molecule has 0 bridgehead atoms. The molecule has 7 heteroatoms. The predicted molar refractivity (Wildman–Crippen MR) is 138 cm³/mol. The Kier molecular flexibility index (Phi) is 8.33. The van der Waals surface area contributed by atoms with E-state index < -0.39 is 0 Å². The summed E-state index contributed by atoms with van der Waals surface area (Å²) in [7, 11) is 1.59. The smallest absolute Gasteiger partial charge is 0.164 e. The van der Waals surface area contributed by atoms with Crippen molar-refractivity contribution in [2.75, 3.05) is 44.7 Å². The number of methoxy groups -OCH3 is 1. The van der Waals surface area contributed by atoms with Crippen molar-refractivity contribution in [1.29, 1.82) is 0 Å². The van der Waals surface area contributed by atoms with E-state index in [2.05, 4.69) is 9.80 Å². The van der Waals surface area contributed by atoms with Crippen LogP contribution in [0.5, 0.6) is 11.5 Å². The molecule has 34 heavy (non-hydrogen) atoms. The molecule has 0 aromatic heterocycles. The molecule has 0 N–H and O–H groups in total. The zero-order valence-corrected chi connectivity index (χ0v) is 20.7. The molecule has 0 unspecified atom stereocenters. The summed E-state index contributed by atoms with van der Waals surface area (Å²) in [6.45, 7) is 4.57. The minimum absolute atomic E-state index is 0.0909. The first kappa shape index (κ1) is 24.4.